The van der Waals surface area contributed by atoms with Crippen molar-refractivity contribution >= 4 is 23.7 Å². The molecule has 0 aliphatic carbocycles. The standard InChI is InChI=1S/C5H9N5O2S/c6-2(3(11)12)1-13-5-8-4(7)9-10-5/h2H,1,6H2,(H,11,12)(H3,7,8,9,10). The zero-order valence-corrected chi connectivity index (χ0v) is 7.41. The van der Waals surface area contributed by atoms with Crippen LogP contribution in [0.3, 0.4) is 0 Å². The molecule has 1 aromatic rings. The minimum Gasteiger partial charge on any atom is -0.480 e. The zero-order chi connectivity index (χ0) is 9.84. The number of nitrogens with one attached hydrogen (secondary N) is 1. The van der Waals surface area contributed by atoms with Gasteiger partial charge >= 0.3 is 5.97 Å². The molecule has 72 valence electrons. The molecule has 13 heavy (non-hydrogen) atoms. The summed E-state index contributed by atoms with van der Waals surface area (Å²) in [4.78, 5) is 14.1. The van der Waals surface area contributed by atoms with Crippen LogP contribution in [0.2, 0.25) is 0 Å². The maximum atomic E-state index is 10.3. The predicted octanol–water partition coefficient (Wildman–Crippen LogP) is -1.11. The summed E-state index contributed by atoms with van der Waals surface area (Å²) < 4.78 is 0. The van der Waals surface area contributed by atoms with Gasteiger partial charge < -0.3 is 16.6 Å². The number of hydrogen-bond acceptors (Lipinski definition) is 6. The molecule has 0 spiro atoms. The number of aliphatic carboxylic acids is 1. The summed E-state index contributed by atoms with van der Waals surface area (Å²) in [5, 5.41) is 15.0. The first-order valence-corrected chi connectivity index (χ1v) is 4.37. The van der Waals surface area contributed by atoms with Crippen molar-refractivity contribution in [3.63, 3.8) is 0 Å². The van der Waals surface area contributed by atoms with E-state index in [0.29, 0.717) is 5.16 Å². The number of rotatable bonds is 4. The highest BCUT2D eigenvalue weighted by molar-refractivity contribution is 7.99. The molecule has 1 heterocycles. The van der Waals surface area contributed by atoms with Crippen molar-refractivity contribution in [1.82, 2.24) is 15.2 Å². The van der Waals surface area contributed by atoms with Gasteiger partial charge in [-0.2, -0.15) is 4.98 Å². The van der Waals surface area contributed by atoms with Crippen LogP contribution in [0.5, 0.6) is 0 Å². The van der Waals surface area contributed by atoms with Gasteiger partial charge in [0, 0.05) is 5.75 Å². The molecular weight excluding hydrogens is 194 g/mol. The largest absolute Gasteiger partial charge is 0.480 e. The monoisotopic (exact) mass is 203 g/mol. The average molecular weight is 203 g/mol. The molecule has 0 fully saturated rings. The highest BCUT2D eigenvalue weighted by Gasteiger charge is 2.12. The number of aromatic amines is 1. The Morgan fingerprint density at radius 2 is 2.46 bits per heavy atom. The quantitative estimate of drug-likeness (QED) is 0.456. The summed E-state index contributed by atoms with van der Waals surface area (Å²) in [6, 6.07) is -0.912. The van der Waals surface area contributed by atoms with E-state index in [0.717, 1.165) is 11.8 Å². The van der Waals surface area contributed by atoms with Gasteiger partial charge in [0.1, 0.15) is 6.04 Å². The van der Waals surface area contributed by atoms with Gasteiger partial charge in [0.2, 0.25) is 11.1 Å². The molecule has 0 aliphatic rings. The van der Waals surface area contributed by atoms with Crippen LogP contribution in [0.4, 0.5) is 5.95 Å². The Balaban J connectivity index is 2.39. The first-order chi connectivity index (χ1) is 6.09. The van der Waals surface area contributed by atoms with Crippen molar-refractivity contribution in [3.8, 4) is 0 Å². The van der Waals surface area contributed by atoms with E-state index in [1.807, 2.05) is 0 Å². The van der Waals surface area contributed by atoms with E-state index in [1.54, 1.807) is 0 Å². The fourth-order valence-electron chi connectivity index (χ4n) is 0.558. The van der Waals surface area contributed by atoms with Gasteiger partial charge in [-0.05, 0) is 0 Å². The molecule has 0 saturated carbocycles. The Bertz CT molecular complexity index is 301. The Morgan fingerprint density at radius 3 is 2.92 bits per heavy atom. The molecule has 0 aromatic carbocycles. The summed E-state index contributed by atoms with van der Waals surface area (Å²) in [6.45, 7) is 0. The first kappa shape index (κ1) is 9.81. The SMILES string of the molecule is Nc1nc(SCC(N)C(=O)O)n[nH]1. The van der Waals surface area contributed by atoms with E-state index < -0.39 is 12.0 Å². The van der Waals surface area contributed by atoms with Crippen LogP contribution in [-0.2, 0) is 4.79 Å². The molecule has 0 amide bonds. The molecular formula is C5H9N5O2S. The van der Waals surface area contributed by atoms with Crippen LogP contribution in [0.1, 0.15) is 0 Å². The Hall–Kier alpha value is -1.28. The van der Waals surface area contributed by atoms with Gasteiger partial charge in [-0.1, -0.05) is 11.8 Å². The van der Waals surface area contributed by atoms with Crippen molar-refractivity contribution in [3.05, 3.63) is 0 Å². The van der Waals surface area contributed by atoms with Crippen molar-refractivity contribution in [2.45, 2.75) is 11.2 Å². The number of nitrogen functional groups attached to an aromatic ring is 1. The van der Waals surface area contributed by atoms with E-state index in [4.69, 9.17) is 16.6 Å². The highest BCUT2D eigenvalue weighted by atomic mass is 32.2. The molecule has 0 saturated heterocycles. The van der Waals surface area contributed by atoms with Crippen LogP contribution < -0.4 is 11.5 Å². The second kappa shape index (κ2) is 4.10. The van der Waals surface area contributed by atoms with Crippen LogP contribution >= 0.6 is 11.8 Å². The van der Waals surface area contributed by atoms with Crippen LogP contribution in [0.15, 0.2) is 5.16 Å². The lowest BCUT2D eigenvalue weighted by atomic mass is 10.4. The van der Waals surface area contributed by atoms with E-state index in [-0.39, 0.29) is 11.7 Å². The van der Waals surface area contributed by atoms with E-state index >= 15 is 0 Å². The van der Waals surface area contributed by atoms with Crippen LogP contribution in [-0.4, -0.2) is 38.1 Å². The summed E-state index contributed by atoms with van der Waals surface area (Å²) in [5.41, 5.74) is 10.5. The number of nitrogens with zero attached hydrogens (tertiary/aromatic N) is 2. The number of aromatic nitrogens is 3. The number of H-pyrrole nitrogens is 1. The Kier molecular flexibility index (Phi) is 3.09. The average Bonchev–Trinajstić information content (AvgIpc) is 2.47. The third-order valence-electron chi connectivity index (χ3n) is 1.19. The number of carboxylic acids is 1. The van der Waals surface area contributed by atoms with Gasteiger partial charge in [0.25, 0.3) is 0 Å². The highest BCUT2D eigenvalue weighted by Crippen LogP contribution is 2.13. The lowest BCUT2D eigenvalue weighted by Gasteiger charge is -2.01. The lowest BCUT2D eigenvalue weighted by molar-refractivity contribution is -0.137. The summed E-state index contributed by atoms with van der Waals surface area (Å²) in [5.74, 6) is -0.630. The molecule has 0 bridgehead atoms. The van der Waals surface area contributed by atoms with Gasteiger partial charge in [-0.3, -0.25) is 4.79 Å². The second-order valence-electron chi connectivity index (χ2n) is 2.26. The fourth-order valence-corrected chi connectivity index (χ4v) is 1.30. The molecule has 0 radical (unpaired) electrons. The lowest BCUT2D eigenvalue weighted by Crippen LogP contribution is -2.32. The topological polar surface area (TPSA) is 131 Å². The molecule has 8 heteroatoms. The third kappa shape index (κ3) is 2.92. The van der Waals surface area contributed by atoms with Crippen LogP contribution in [0, 0.1) is 0 Å². The first-order valence-electron chi connectivity index (χ1n) is 3.38. The second-order valence-corrected chi connectivity index (χ2v) is 3.25. The normalized spacial score (nSPS) is 12.7. The minimum absolute atomic E-state index is 0.200. The number of nitrogens with two attached hydrogens (primary N) is 2. The van der Waals surface area contributed by atoms with Gasteiger partial charge in [0.05, 0.1) is 0 Å². The molecule has 1 aromatic heterocycles. The third-order valence-corrected chi connectivity index (χ3v) is 2.16. The van der Waals surface area contributed by atoms with E-state index in [9.17, 15) is 4.79 Å². The summed E-state index contributed by atoms with van der Waals surface area (Å²) >= 11 is 1.14. The Labute approximate surface area is 77.9 Å². The molecule has 0 aliphatic heterocycles. The van der Waals surface area contributed by atoms with Crippen LogP contribution in [0.25, 0.3) is 0 Å². The summed E-state index contributed by atoms with van der Waals surface area (Å²) in [7, 11) is 0. The minimum atomic E-state index is -1.05. The molecule has 7 nitrogen and oxygen atoms in total. The number of anilines is 1. The molecule has 1 unspecified atom stereocenters. The number of carbonyl (C=O) groups is 1. The van der Waals surface area contributed by atoms with Crippen molar-refractivity contribution in [1.29, 1.82) is 0 Å². The van der Waals surface area contributed by atoms with Gasteiger partial charge in [0.15, 0.2) is 0 Å². The smallest absolute Gasteiger partial charge is 0.321 e. The number of carboxylic acid groups (broad SMARTS) is 1. The van der Waals surface area contributed by atoms with Gasteiger partial charge in [-0.25, -0.2) is 5.10 Å². The maximum Gasteiger partial charge on any atom is 0.321 e. The van der Waals surface area contributed by atoms with Crippen molar-refractivity contribution in [2.75, 3.05) is 11.5 Å². The van der Waals surface area contributed by atoms with E-state index in [1.165, 1.54) is 0 Å². The van der Waals surface area contributed by atoms with Gasteiger partial charge in [-0.15, -0.1) is 5.10 Å². The number of hydrogen-bond donors (Lipinski definition) is 4. The Morgan fingerprint density at radius 1 is 1.77 bits per heavy atom. The van der Waals surface area contributed by atoms with Crippen molar-refractivity contribution in [2.24, 2.45) is 5.73 Å². The maximum absolute atomic E-state index is 10.3. The predicted molar refractivity (Wildman–Crippen MR) is 47.1 cm³/mol. The zero-order valence-electron chi connectivity index (χ0n) is 6.60. The summed E-state index contributed by atoms with van der Waals surface area (Å²) in [6.07, 6.45) is 0. The molecule has 1 atom stereocenters. The molecule has 6 N–H and O–H groups in total. The number of thioether (sulfide) groups is 1. The van der Waals surface area contributed by atoms with Crippen molar-refractivity contribution < 1.29 is 9.90 Å². The van der Waals surface area contributed by atoms with E-state index in [2.05, 4.69) is 15.2 Å². The molecule has 1 rings (SSSR count). The fraction of sp³-hybridized carbons (Fsp3) is 0.400.